The molecule has 0 spiro atoms. The maximum absolute atomic E-state index is 6.76. The minimum absolute atomic E-state index is 0.524. The van der Waals surface area contributed by atoms with Crippen LogP contribution < -0.4 is 0 Å². The molecule has 57 heavy (non-hydrogen) atoms. The van der Waals surface area contributed by atoms with E-state index in [1.165, 1.54) is 0 Å². The van der Waals surface area contributed by atoms with E-state index >= 15 is 0 Å². The first-order chi connectivity index (χ1) is 28.2. The van der Waals surface area contributed by atoms with Crippen molar-refractivity contribution in [2.45, 2.75) is 0 Å². The number of furan rings is 3. The van der Waals surface area contributed by atoms with Crippen molar-refractivity contribution in [2.24, 2.45) is 0 Å². The van der Waals surface area contributed by atoms with Gasteiger partial charge in [-0.05, 0) is 59.2 Å². The molecule has 12 rings (SSSR count). The smallest absolute Gasteiger partial charge is 0.167 e. The van der Waals surface area contributed by atoms with Crippen molar-refractivity contribution in [3.63, 3.8) is 0 Å². The molecule has 0 atom stereocenters. The summed E-state index contributed by atoms with van der Waals surface area (Å²) in [6.45, 7) is 0. The number of nitrogens with zero attached hydrogens (tertiary/aromatic N) is 3. The Hall–Kier alpha value is -7.83. The van der Waals surface area contributed by atoms with E-state index in [1.807, 2.05) is 84.9 Å². The van der Waals surface area contributed by atoms with Crippen molar-refractivity contribution in [3.8, 4) is 56.4 Å². The molecule has 0 fully saturated rings. The first kappa shape index (κ1) is 31.5. The zero-order valence-corrected chi connectivity index (χ0v) is 30.3. The average molecular weight is 732 g/mol. The van der Waals surface area contributed by atoms with E-state index in [0.29, 0.717) is 17.5 Å². The fourth-order valence-corrected chi connectivity index (χ4v) is 8.29. The lowest BCUT2D eigenvalue weighted by Crippen LogP contribution is -2.00. The number of para-hydroxylation sites is 4. The summed E-state index contributed by atoms with van der Waals surface area (Å²) >= 11 is 0. The van der Waals surface area contributed by atoms with Crippen LogP contribution in [0.2, 0.25) is 0 Å². The predicted octanol–water partition coefficient (Wildman–Crippen LogP) is 13.9. The van der Waals surface area contributed by atoms with Crippen molar-refractivity contribution < 1.29 is 13.3 Å². The van der Waals surface area contributed by atoms with Gasteiger partial charge in [-0.2, -0.15) is 0 Å². The molecule has 0 aliphatic heterocycles. The molecule has 0 unspecified atom stereocenters. The van der Waals surface area contributed by atoms with Crippen LogP contribution in [0.1, 0.15) is 0 Å². The predicted molar refractivity (Wildman–Crippen MR) is 229 cm³/mol. The monoisotopic (exact) mass is 731 g/mol. The molecule has 4 heterocycles. The van der Waals surface area contributed by atoms with Crippen molar-refractivity contribution >= 4 is 65.8 Å². The molecule has 0 N–H and O–H groups in total. The van der Waals surface area contributed by atoms with Gasteiger partial charge in [-0.25, -0.2) is 15.0 Å². The lowest BCUT2D eigenvalue weighted by molar-refractivity contribution is 0.668. The van der Waals surface area contributed by atoms with Gasteiger partial charge in [-0.1, -0.05) is 133 Å². The maximum Gasteiger partial charge on any atom is 0.167 e. The number of hydrogen-bond donors (Lipinski definition) is 0. The summed E-state index contributed by atoms with van der Waals surface area (Å²) in [5.41, 5.74) is 11.6. The van der Waals surface area contributed by atoms with Crippen LogP contribution in [0.4, 0.5) is 0 Å². The van der Waals surface area contributed by atoms with Crippen LogP contribution in [0, 0.1) is 0 Å². The normalized spacial score (nSPS) is 11.9. The highest BCUT2D eigenvalue weighted by atomic mass is 16.3. The fourth-order valence-electron chi connectivity index (χ4n) is 8.29. The summed E-state index contributed by atoms with van der Waals surface area (Å²) in [7, 11) is 0. The zero-order valence-electron chi connectivity index (χ0n) is 30.3. The third-order valence-electron chi connectivity index (χ3n) is 11.0. The summed E-state index contributed by atoms with van der Waals surface area (Å²) < 4.78 is 19.4. The molecule has 0 saturated carbocycles. The molecular formula is C51H29N3O3. The largest absolute Gasteiger partial charge is 0.456 e. The van der Waals surface area contributed by atoms with Gasteiger partial charge in [-0.15, -0.1) is 0 Å². The lowest BCUT2D eigenvalue weighted by atomic mass is 9.99. The van der Waals surface area contributed by atoms with Gasteiger partial charge < -0.3 is 13.3 Å². The average Bonchev–Trinajstić information content (AvgIpc) is 3.98. The second-order valence-corrected chi connectivity index (χ2v) is 14.3. The molecule has 0 radical (unpaired) electrons. The Labute approximate surface area is 325 Å². The van der Waals surface area contributed by atoms with Crippen LogP contribution in [0.5, 0.6) is 0 Å². The van der Waals surface area contributed by atoms with Gasteiger partial charge in [0.1, 0.15) is 33.5 Å². The minimum atomic E-state index is 0.524. The molecule has 0 aliphatic carbocycles. The van der Waals surface area contributed by atoms with Crippen LogP contribution in [-0.2, 0) is 0 Å². The summed E-state index contributed by atoms with van der Waals surface area (Å²) in [6, 6.07) is 59.8. The molecule has 4 aromatic heterocycles. The highest BCUT2D eigenvalue weighted by molar-refractivity contribution is 6.16. The van der Waals surface area contributed by atoms with Gasteiger partial charge in [0.25, 0.3) is 0 Å². The molecule has 0 saturated heterocycles. The first-order valence-corrected chi connectivity index (χ1v) is 18.9. The van der Waals surface area contributed by atoms with E-state index in [1.54, 1.807) is 0 Å². The molecule has 6 nitrogen and oxygen atoms in total. The van der Waals surface area contributed by atoms with Gasteiger partial charge in [0.2, 0.25) is 0 Å². The molecule has 0 amide bonds. The number of benzene rings is 8. The number of hydrogen-bond acceptors (Lipinski definition) is 6. The standard InChI is InChI=1S/C51H29N3O3/c1-2-12-30(13-3-1)31-14-8-15-33(28-31)49-52-50(54-51(53-49)40-22-10-19-37-35-16-4-7-24-43(35)56-48(37)40)39-21-11-25-45-46(39)38-20-9-18-34(47(38)57-45)32-26-27-44-41(29-32)36-17-5-6-23-42(36)55-44/h1-29H. The van der Waals surface area contributed by atoms with Crippen LogP contribution in [0.25, 0.3) is 122 Å². The molecular weight excluding hydrogens is 703 g/mol. The summed E-state index contributed by atoms with van der Waals surface area (Å²) in [4.78, 5) is 15.6. The molecule has 8 aromatic carbocycles. The van der Waals surface area contributed by atoms with Gasteiger partial charge in [-0.3, -0.25) is 0 Å². The Bertz CT molecular complexity index is 3540. The summed E-state index contributed by atoms with van der Waals surface area (Å²) in [5.74, 6) is 1.63. The van der Waals surface area contributed by atoms with E-state index < -0.39 is 0 Å². The zero-order chi connectivity index (χ0) is 37.5. The third-order valence-corrected chi connectivity index (χ3v) is 11.0. The highest BCUT2D eigenvalue weighted by Gasteiger charge is 2.22. The Morgan fingerprint density at radius 2 is 0.825 bits per heavy atom. The van der Waals surface area contributed by atoms with Crippen LogP contribution in [0.3, 0.4) is 0 Å². The Balaban J connectivity index is 1.08. The van der Waals surface area contributed by atoms with Crippen LogP contribution in [0.15, 0.2) is 189 Å². The van der Waals surface area contributed by atoms with E-state index in [-0.39, 0.29) is 0 Å². The molecule has 0 bridgehead atoms. The molecule has 6 heteroatoms. The Kier molecular flexibility index (Phi) is 6.83. The van der Waals surface area contributed by atoms with E-state index in [2.05, 4.69) is 91.0 Å². The first-order valence-electron chi connectivity index (χ1n) is 18.9. The highest BCUT2D eigenvalue weighted by Crippen LogP contribution is 2.42. The Morgan fingerprint density at radius 1 is 0.281 bits per heavy atom. The lowest BCUT2D eigenvalue weighted by Gasteiger charge is -2.10. The van der Waals surface area contributed by atoms with Gasteiger partial charge in [0, 0.05) is 49.0 Å². The molecule has 12 aromatic rings. The summed E-state index contributed by atoms with van der Waals surface area (Å²) in [6.07, 6.45) is 0. The van der Waals surface area contributed by atoms with Crippen molar-refractivity contribution in [2.75, 3.05) is 0 Å². The van der Waals surface area contributed by atoms with E-state index in [0.717, 1.165) is 105 Å². The van der Waals surface area contributed by atoms with Crippen molar-refractivity contribution in [1.29, 1.82) is 0 Å². The number of fused-ring (bicyclic) bond motifs is 9. The Morgan fingerprint density at radius 3 is 1.68 bits per heavy atom. The van der Waals surface area contributed by atoms with E-state index in [9.17, 15) is 0 Å². The quantitative estimate of drug-likeness (QED) is 0.175. The topological polar surface area (TPSA) is 78.1 Å². The second-order valence-electron chi connectivity index (χ2n) is 14.3. The second kappa shape index (κ2) is 12.3. The van der Waals surface area contributed by atoms with Crippen molar-refractivity contribution in [3.05, 3.63) is 176 Å². The maximum atomic E-state index is 6.76. The van der Waals surface area contributed by atoms with Gasteiger partial charge >= 0.3 is 0 Å². The van der Waals surface area contributed by atoms with Gasteiger partial charge in [0.05, 0.1) is 5.56 Å². The van der Waals surface area contributed by atoms with Gasteiger partial charge in [0.15, 0.2) is 17.5 Å². The minimum Gasteiger partial charge on any atom is -0.456 e. The third kappa shape index (κ3) is 5.01. The summed E-state index contributed by atoms with van der Waals surface area (Å²) in [5, 5.41) is 6.12. The number of rotatable bonds is 5. The molecule has 0 aliphatic rings. The van der Waals surface area contributed by atoms with E-state index in [4.69, 9.17) is 28.2 Å². The van der Waals surface area contributed by atoms with Crippen LogP contribution in [-0.4, -0.2) is 15.0 Å². The SMILES string of the molecule is c1ccc(-c2cccc(-c3nc(-c4cccc5c4oc4ccccc45)nc(-c4cccc5oc6c(-c7ccc8oc9ccccc9c8c7)cccc6c45)n3)c2)cc1. The molecule has 266 valence electrons. The fraction of sp³-hybridized carbons (Fsp3) is 0. The van der Waals surface area contributed by atoms with Crippen molar-refractivity contribution in [1.82, 2.24) is 15.0 Å². The van der Waals surface area contributed by atoms with Crippen LogP contribution >= 0.6 is 0 Å². The number of aromatic nitrogens is 3.